The van der Waals surface area contributed by atoms with Crippen molar-refractivity contribution in [3.63, 3.8) is 0 Å². The van der Waals surface area contributed by atoms with Gasteiger partial charge in [-0.1, -0.05) is 33.1 Å². The molecule has 0 heterocycles. The van der Waals surface area contributed by atoms with E-state index in [0.717, 1.165) is 32.1 Å². The fourth-order valence-electron chi connectivity index (χ4n) is 1.98. The third-order valence-electron chi connectivity index (χ3n) is 3.43. The second-order valence-corrected chi connectivity index (χ2v) is 7.34. The molecule has 0 aliphatic rings. The van der Waals surface area contributed by atoms with Gasteiger partial charge < -0.3 is 10.1 Å². The minimum atomic E-state index is -3.48. The van der Waals surface area contributed by atoms with Crippen molar-refractivity contribution < 1.29 is 17.9 Å². The smallest absolute Gasteiger partial charge is 0.257 e. The Bertz CT molecular complexity index is 585. The molecule has 1 aromatic rings. The average molecular weight is 356 g/mol. The van der Waals surface area contributed by atoms with Crippen molar-refractivity contribution in [1.82, 2.24) is 10.0 Å². The number of rotatable bonds is 12. The molecule has 2 N–H and O–H groups in total. The molecule has 0 aliphatic carbocycles. The maximum Gasteiger partial charge on any atom is 0.257 e. The minimum Gasteiger partial charge on any atom is -0.484 e. The van der Waals surface area contributed by atoms with E-state index in [0.29, 0.717) is 18.8 Å². The number of hydrogen-bond acceptors (Lipinski definition) is 4. The highest BCUT2D eigenvalue weighted by molar-refractivity contribution is 7.89. The van der Waals surface area contributed by atoms with Crippen LogP contribution in [0, 0.1) is 0 Å². The summed E-state index contributed by atoms with van der Waals surface area (Å²) in [6.45, 7) is 5.10. The molecule has 7 heteroatoms. The van der Waals surface area contributed by atoms with Gasteiger partial charge in [-0.25, -0.2) is 13.1 Å². The summed E-state index contributed by atoms with van der Waals surface area (Å²) in [5, 5.41) is 2.78. The molecule has 0 atom stereocenters. The highest BCUT2D eigenvalue weighted by atomic mass is 32.2. The third kappa shape index (κ3) is 7.79. The lowest BCUT2D eigenvalue weighted by Gasteiger charge is -2.09. The molecule has 136 valence electrons. The highest BCUT2D eigenvalue weighted by Crippen LogP contribution is 2.15. The van der Waals surface area contributed by atoms with Gasteiger partial charge in [0, 0.05) is 13.1 Å². The fourth-order valence-corrected chi connectivity index (χ4v) is 3.06. The van der Waals surface area contributed by atoms with Crippen LogP contribution in [0.2, 0.25) is 0 Å². The van der Waals surface area contributed by atoms with Crippen molar-refractivity contribution in [2.45, 2.75) is 50.8 Å². The normalized spacial score (nSPS) is 11.2. The zero-order chi connectivity index (χ0) is 17.8. The largest absolute Gasteiger partial charge is 0.484 e. The Balaban J connectivity index is 2.43. The van der Waals surface area contributed by atoms with Crippen molar-refractivity contribution in [2.24, 2.45) is 0 Å². The van der Waals surface area contributed by atoms with Gasteiger partial charge in [-0.2, -0.15) is 0 Å². The highest BCUT2D eigenvalue weighted by Gasteiger charge is 2.13. The zero-order valence-electron chi connectivity index (χ0n) is 14.5. The SMILES string of the molecule is CCCCCNC(=O)COc1ccc(S(=O)(=O)NCCCC)cc1. The molecule has 0 radical (unpaired) electrons. The van der Waals surface area contributed by atoms with Crippen molar-refractivity contribution in [2.75, 3.05) is 19.7 Å². The Morgan fingerprint density at radius 2 is 1.67 bits per heavy atom. The molecule has 0 aliphatic heterocycles. The van der Waals surface area contributed by atoms with Crippen LogP contribution in [0.5, 0.6) is 5.75 Å². The Hall–Kier alpha value is -1.60. The molecular formula is C17H28N2O4S. The van der Waals surface area contributed by atoms with Crippen molar-refractivity contribution >= 4 is 15.9 Å². The second-order valence-electron chi connectivity index (χ2n) is 5.57. The first-order valence-corrected chi connectivity index (χ1v) is 9.97. The van der Waals surface area contributed by atoms with Gasteiger partial charge in [0.05, 0.1) is 4.90 Å². The summed E-state index contributed by atoms with van der Waals surface area (Å²) < 4.78 is 32.0. The minimum absolute atomic E-state index is 0.0764. The first-order valence-electron chi connectivity index (χ1n) is 8.48. The molecule has 0 bridgehead atoms. The maximum atomic E-state index is 12.0. The van der Waals surface area contributed by atoms with Gasteiger partial charge in [-0.15, -0.1) is 0 Å². The number of unbranched alkanes of at least 4 members (excludes halogenated alkanes) is 3. The van der Waals surface area contributed by atoms with Crippen LogP contribution in [0.3, 0.4) is 0 Å². The van der Waals surface area contributed by atoms with E-state index < -0.39 is 10.0 Å². The average Bonchev–Trinajstić information content (AvgIpc) is 2.57. The van der Waals surface area contributed by atoms with Crippen LogP contribution >= 0.6 is 0 Å². The number of ether oxygens (including phenoxy) is 1. The van der Waals surface area contributed by atoms with Crippen molar-refractivity contribution in [1.29, 1.82) is 0 Å². The van der Waals surface area contributed by atoms with Gasteiger partial charge >= 0.3 is 0 Å². The van der Waals surface area contributed by atoms with Crippen molar-refractivity contribution in [3.8, 4) is 5.75 Å². The monoisotopic (exact) mass is 356 g/mol. The molecule has 0 fully saturated rings. The molecular weight excluding hydrogens is 328 g/mol. The molecule has 0 saturated carbocycles. The van der Waals surface area contributed by atoms with Gasteiger partial charge in [-0.05, 0) is 37.1 Å². The molecule has 0 saturated heterocycles. The fraction of sp³-hybridized carbons (Fsp3) is 0.588. The van der Waals surface area contributed by atoms with Crippen LogP contribution < -0.4 is 14.8 Å². The lowest BCUT2D eigenvalue weighted by molar-refractivity contribution is -0.123. The van der Waals surface area contributed by atoms with Crippen LogP contribution in [0.1, 0.15) is 46.0 Å². The predicted octanol–water partition coefficient (Wildman–Crippen LogP) is 2.45. The Labute approximate surface area is 145 Å². The quantitative estimate of drug-likeness (QED) is 0.564. The lowest BCUT2D eigenvalue weighted by atomic mass is 10.2. The number of amides is 1. The molecule has 0 unspecified atom stereocenters. The zero-order valence-corrected chi connectivity index (χ0v) is 15.3. The van der Waals surface area contributed by atoms with Gasteiger partial charge in [0.25, 0.3) is 5.91 Å². The lowest BCUT2D eigenvalue weighted by Crippen LogP contribution is -2.29. The van der Waals surface area contributed by atoms with E-state index in [1.54, 1.807) is 12.1 Å². The summed E-state index contributed by atoms with van der Waals surface area (Å²) in [7, 11) is -3.48. The second kappa shape index (κ2) is 11.0. The molecule has 0 aromatic heterocycles. The van der Waals surface area contributed by atoms with Gasteiger partial charge in [0.2, 0.25) is 10.0 Å². The molecule has 24 heavy (non-hydrogen) atoms. The van der Waals surface area contributed by atoms with Crippen LogP contribution in [-0.4, -0.2) is 34.0 Å². The number of benzene rings is 1. The number of nitrogens with one attached hydrogen (secondary N) is 2. The number of carbonyl (C=O) groups is 1. The topological polar surface area (TPSA) is 84.5 Å². The molecule has 1 aromatic carbocycles. The molecule has 1 rings (SSSR count). The van der Waals surface area contributed by atoms with Gasteiger partial charge in [0.1, 0.15) is 5.75 Å². The van der Waals surface area contributed by atoms with Crippen LogP contribution in [0.15, 0.2) is 29.2 Å². The molecule has 0 spiro atoms. The number of hydrogen-bond donors (Lipinski definition) is 2. The molecule has 1 amide bonds. The first-order chi connectivity index (χ1) is 11.5. The van der Waals surface area contributed by atoms with E-state index in [4.69, 9.17) is 4.74 Å². The number of sulfonamides is 1. The molecule has 6 nitrogen and oxygen atoms in total. The first kappa shape index (κ1) is 20.4. The summed E-state index contributed by atoms with van der Waals surface area (Å²) in [5.74, 6) is 0.287. The van der Waals surface area contributed by atoms with E-state index in [9.17, 15) is 13.2 Å². The Morgan fingerprint density at radius 3 is 2.29 bits per heavy atom. The van der Waals surface area contributed by atoms with Gasteiger partial charge in [0.15, 0.2) is 6.61 Å². The van der Waals surface area contributed by atoms with Crippen LogP contribution in [-0.2, 0) is 14.8 Å². The number of carbonyl (C=O) groups excluding carboxylic acids is 1. The summed E-state index contributed by atoms with van der Waals surface area (Å²) >= 11 is 0. The van der Waals surface area contributed by atoms with E-state index in [2.05, 4.69) is 17.0 Å². The van der Waals surface area contributed by atoms with Crippen LogP contribution in [0.4, 0.5) is 0 Å². The predicted molar refractivity (Wildman–Crippen MR) is 94.6 cm³/mol. The van der Waals surface area contributed by atoms with E-state index in [1.807, 2.05) is 6.92 Å². The van der Waals surface area contributed by atoms with E-state index in [-0.39, 0.29) is 17.4 Å². The maximum absolute atomic E-state index is 12.0. The van der Waals surface area contributed by atoms with Gasteiger partial charge in [-0.3, -0.25) is 4.79 Å². The Kier molecular flexibility index (Phi) is 9.41. The third-order valence-corrected chi connectivity index (χ3v) is 4.91. The van der Waals surface area contributed by atoms with Crippen molar-refractivity contribution in [3.05, 3.63) is 24.3 Å². The summed E-state index contributed by atoms with van der Waals surface area (Å²) in [5.41, 5.74) is 0. The summed E-state index contributed by atoms with van der Waals surface area (Å²) in [4.78, 5) is 11.8. The van der Waals surface area contributed by atoms with Crippen LogP contribution in [0.25, 0.3) is 0 Å². The van der Waals surface area contributed by atoms with E-state index >= 15 is 0 Å². The standard InChI is InChI=1S/C17H28N2O4S/c1-3-5-7-12-18-17(20)14-23-15-8-10-16(11-9-15)24(21,22)19-13-6-4-2/h8-11,19H,3-7,12-14H2,1-2H3,(H,18,20). The summed E-state index contributed by atoms with van der Waals surface area (Å²) in [6.07, 6.45) is 4.88. The van der Waals surface area contributed by atoms with E-state index in [1.165, 1.54) is 12.1 Å². The Morgan fingerprint density at radius 1 is 1.00 bits per heavy atom. The summed E-state index contributed by atoms with van der Waals surface area (Å²) in [6, 6.07) is 6.06.